The molecule has 0 aromatic heterocycles. The number of hydrogen-bond donors (Lipinski definition) is 2. The van der Waals surface area contributed by atoms with Crippen molar-refractivity contribution in [2.75, 3.05) is 30.0 Å². The lowest BCUT2D eigenvalue weighted by Gasteiger charge is -2.40. The van der Waals surface area contributed by atoms with Gasteiger partial charge in [-0.15, -0.1) is 0 Å². The second kappa shape index (κ2) is 9.30. The molecule has 2 aromatic rings. The van der Waals surface area contributed by atoms with Gasteiger partial charge < -0.3 is 20.1 Å². The number of ether oxygens (including phenoxy) is 1. The summed E-state index contributed by atoms with van der Waals surface area (Å²) in [6, 6.07) is 14.1. The molecule has 2 aromatic carbocycles. The van der Waals surface area contributed by atoms with Gasteiger partial charge in [0.25, 0.3) is 0 Å². The first kappa shape index (κ1) is 20.5. The molecule has 1 heterocycles. The number of nitrogens with zero attached hydrogens (tertiary/aromatic N) is 1. The second-order valence-electron chi connectivity index (χ2n) is 7.46. The van der Waals surface area contributed by atoms with Gasteiger partial charge in [-0.25, -0.2) is 0 Å². The lowest BCUT2D eigenvalue weighted by atomic mass is 10.00. The summed E-state index contributed by atoms with van der Waals surface area (Å²) in [5.74, 6) is -0.334. The molecule has 5 nitrogen and oxygen atoms in total. The molecule has 0 amide bonds. The van der Waals surface area contributed by atoms with Crippen LogP contribution in [0.4, 0.5) is 17.1 Å². The molecule has 1 fully saturated rings. The number of aliphatic carboxylic acids is 1. The topological polar surface area (TPSA) is 61.8 Å². The maximum atomic E-state index is 11.0. The van der Waals surface area contributed by atoms with Gasteiger partial charge in [-0.2, -0.15) is 0 Å². The number of benzene rings is 2. The van der Waals surface area contributed by atoms with E-state index >= 15 is 0 Å². The van der Waals surface area contributed by atoms with Crippen LogP contribution < -0.4 is 10.2 Å². The minimum Gasteiger partial charge on any atom is -0.481 e. The predicted octanol–water partition coefficient (Wildman–Crippen LogP) is 4.96. The Kier molecular flexibility index (Phi) is 6.81. The van der Waals surface area contributed by atoms with Crippen molar-refractivity contribution < 1.29 is 14.6 Å². The van der Waals surface area contributed by atoms with E-state index in [1.54, 1.807) is 0 Å². The first-order valence-corrected chi connectivity index (χ1v) is 10.0. The molecular formula is C22H27ClN2O3. The standard InChI is InChI=1S/C22H27ClN2O3/c1-15(2)21-14-28-12-11-25(21)20-9-3-16(4-10-22(26)27)13-19(20)24-18-7-5-17(23)6-8-18/h3,5-9,13,15,21,24H,4,10-12,14H2,1-2H3,(H,26,27)/t21-/m1/s1. The van der Waals surface area contributed by atoms with Gasteiger partial charge in [0, 0.05) is 23.7 Å². The third-order valence-electron chi connectivity index (χ3n) is 5.06. The van der Waals surface area contributed by atoms with Gasteiger partial charge in [-0.1, -0.05) is 31.5 Å². The number of aryl methyl sites for hydroxylation is 1. The van der Waals surface area contributed by atoms with Crippen molar-refractivity contribution in [3.63, 3.8) is 0 Å². The van der Waals surface area contributed by atoms with E-state index in [0.717, 1.165) is 29.2 Å². The van der Waals surface area contributed by atoms with Crippen molar-refractivity contribution in [1.29, 1.82) is 0 Å². The Hall–Kier alpha value is -2.24. The van der Waals surface area contributed by atoms with E-state index in [1.807, 2.05) is 30.3 Å². The largest absolute Gasteiger partial charge is 0.481 e. The minimum atomic E-state index is -0.788. The zero-order chi connectivity index (χ0) is 20.1. The number of carbonyl (C=O) groups is 1. The van der Waals surface area contributed by atoms with E-state index < -0.39 is 5.97 Å². The number of carboxylic acids is 1. The molecule has 0 spiro atoms. The first-order chi connectivity index (χ1) is 13.4. The van der Waals surface area contributed by atoms with Crippen LogP contribution in [0.5, 0.6) is 0 Å². The van der Waals surface area contributed by atoms with Crippen molar-refractivity contribution in [3.8, 4) is 0 Å². The van der Waals surface area contributed by atoms with Crippen LogP contribution in [-0.2, 0) is 16.0 Å². The summed E-state index contributed by atoms with van der Waals surface area (Å²) in [4.78, 5) is 13.4. The fourth-order valence-corrected chi connectivity index (χ4v) is 3.63. The molecule has 1 saturated heterocycles. The Morgan fingerprint density at radius 3 is 2.71 bits per heavy atom. The van der Waals surface area contributed by atoms with Crippen molar-refractivity contribution in [2.45, 2.75) is 32.7 Å². The summed E-state index contributed by atoms with van der Waals surface area (Å²) >= 11 is 6.01. The van der Waals surface area contributed by atoms with E-state index in [9.17, 15) is 4.79 Å². The van der Waals surface area contributed by atoms with Crippen molar-refractivity contribution >= 4 is 34.6 Å². The summed E-state index contributed by atoms with van der Waals surface area (Å²) in [7, 11) is 0. The molecular weight excluding hydrogens is 376 g/mol. The highest BCUT2D eigenvalue weighted by atomic mass is 35.5. The summed E-state index contributed by atoms with van der Waals surface area (Å²) in [6.45, 7) is 6.65. The van der Waals surface area contributed by atoms with Crippen LogP contribution in [0.3, 0.4) is 0 Å². The van der Waals surface area contributed by atoms with Crippen molar-refractivity contribution in [2.24, 2.45) is 5.92 Å². The number of anilines is 3. The average molecular weight is 403 g/mol. The number of morpholine rings is 1. The van der Waals surface area contributed by atoms with Crippen LogP contribution in [0.1, 0.15) is 25.8 Å². The molecule has 1 aliphatic heterocycles. The van der Waals surface area contributed by atoms with Crippen LogP contribution in [0, 0.1) is 5.92 Å². The Morgan fingerprint density at radius 2 is 2.04 bits per heavy atom. The Morgan fingerprint density at radius 1 is 1.29 bits per heavy atom. The smallest absolute Gasteiger partial charge is 0.303 e. The van der Waals surface area contributed by atoms with Crippen molar-refractivity contribution in [1.82, 2.24) is 0 Å². The zero-order valence-corrected chi connectivity index (χ0v) is 17.1. The normalized spacial score (nSPS) is 17.0. The quantitative estimate of drug-likeness (QED) is 0.685. The number of carboxylic acid groups (broad SMARTS) is 1. The fraction of sp³-hybridized carbons (Fsp3) is 0.409. The zero-order valence-electron chi connectivity index (χ0n) is 16.3. The molecule has 3 rings (SSSR count). The summed E-state index contributed by atoms with van der Waals surface area (Å²) in [5.41, 5.74) is 4.01. The van der Waals surface area contributed by atoms with Gasteiger partial charge in [-0.05, 0) is 54.3 Å². The average Bonchev–Trinajstić information content (AvgIpc) is 2.68. The highest BCUT2D eigenvalue weighted by Crippen LogP contribution is 2.34. The van der Waals surface area contributed by atoms with Gasteiger partial charge in [-0.3, -0.25) is 4.79 Å². The molecule has 0 saturated carbocycles. The van der Waals surface area contributed by atoms with E-state index in [-0.39, 0.29) is 6.42 Å². The first-order valence-electron chi connectivity index (χ1n) is 9.65. The van der Waals surface area contributed by atoms with Gasteiger partial charge in [0.15, 0.2) is 0 Å². The fourth-order valence-electron chi connectivity index (χ4n) is 3.50. The van der Waals surface area contributed by atoms with Gasteiger partial charge in [0.05, 0.1) is 30.6 Å². The Balaban J connectivity index is 1.94. The maximum absolute atomic E-state index is 11.0. The minimum absolute atomic E-state index is 0.117. The van der Waals surface area contributed by atoms with Crippen LogP contribution in [0.25, 0.3) is 0 Å². The van der Waals surface area contributed by atoms with Crippen molar-refractivity contribution in [3.05, 3.63) is 53.1 Å². The SMILES string of the molecule is CC(C)[C@H]1COCCN1c1ccc(CCC(=O)O)cc1Nc1ccc(Cl)cc1. The molecule has 0 unspecified atom stereocenters. The van der Waals surface area contributed by atoms with Gasteiger partial charge in [0.1, 0.15) is 0 Å². The number of nitrogens with one attached hydrogen (secondary N) is 1. The third kappa shape index (κ3) is 5.18. The van der Waals surface area contributed by atoms with Crippen LogP contribution in [-0.4, -0.2) is 36.9 Å². The molecule has 0 bridgehead atoms. The Bertz CT molecular complexity index is 808. The lowest BCUT2D eigenvalue weighted by Crippen LogP contribution is -2.48. The van der Waals surface area contributed by atoms with E-state index in [1.165, 1.54) is 0 Å². The highest BCUT2D eigenvalue weighted by molar-refractivity contribution is 6.30. The van der Waals surface area contributed by atoms with E-state index in [2.05, 4.69) is 36.2 Å². The van der Waals surface area contributed by atoms with E-state index in [4.69, 9.17) is 21.4 Å². The molecule has 2 N–H and O–H groups in total. The monoisotopic (exact) mass is 402 g/mol. The molecule has 28 heavy (non-hydrogen) atoms. The molecule has 0 aliphatic carbocycles. The van der Waals surface area contributed by atoms with Crippen LogP contribution in [0.2, 0.25) is 5.02 Å². The predicted molar refractivity (Wildman–Crippen MR) is 114 cm³/mol. The van der Waals surface area contributed by atoms with Crippen LogP contribution >= 0.6 is 11.6 Å². The maximum Gasteiger partial charge on any atom is 0.303 e. The van der Waals surface area contributed by atoms with Crippen LogP contribution in [0.15, 0.2) is 42.5 Å². The molecule has 0 radical (unpaired) electrons. The lowest BCUT2D eigenvalue weighted by molar-refractivity contribution is -0.136. The molecule has 1 aliphatic rings. The van der Waals surface area contributed by atoms with Gasteiger partial charge in [0.2, 0.25) is 0 Å². The second-order valence-corrected chi connectivity index (χ2v) is 7.89. The number of hydrogen-bond acceptors (Lipinski definition) is 4. The number of rotatable bonds is 7. The Labute approximate surface area is 171 Å². The highest BCUT2D eigenvalue weighted by Gasteiger charge is 2.27. The third-order valence-corrected chi connectivity index (χ3v) is 5.31. The molecule has 150 valence electrons. The number of halogens is 1. The van der Waals surface area contributed by atoms with Gasteiger partial charge >= 0.3 is 5.97 Å². The molecule has 1 atom stereocenters. The summed E-state index contributed by atoms with van der Waals surface area (Å²) in [5, 5.41) is 13.2. The molecule has 6 heteroatoms. The van der Waals surface area contributed by atoms with E-state index in [0.29, 0.717) is 36.6 Å². The summed E-state index contributed by atoms with van der Waals surface area (Å²) in [6.07, 6.45) is 0.619. The summed E-state index contributed by atoms with van der Waals surface area (Å²) < 4.78 is 5.71.